The Labute approximate surface area is 117 Å². The van der Waals surface area contributed by atoms with Crippen LogP contribution in [0.5, 0.6) is 0 Å². The highest BCUT2D eigenvalue weighted by atomic mass is 32.2. The molecule has 0 bridgehead atoms. The lowest BCUT2D eigenvalue weighted by Gasteiger charge is -2.14. The molecule has 108 valence electrons. The van der Waals surface area contributed by atoms with Gasteiger partial charge in [-0.3, -0.25) is 19.7 Å². The molecule has 1 unspecified atom stereocenters. The quantitative estimate of drug-likeness (QED) is 0.628. The molecule has 1 fully saturated rings. The summed E-state index contributed by atoms with van der Waals surface area (Å²) < 4.78 is 0. The van der Waals surface area contributed by atoms with Crippen LogP contribution in [0.3, 0.4) is 0 Å². The SMILES string of the molecule is CC(N)CCSCC(=O)NC(=O)CN1CCCC1=O. The molecule has 0 spiro atoms. The molecule has 0 saturated carbocycles. The third kappa shape index (κ3) is 6.58. The monoisotopic (exact) mass is 287 g/mol. The Morgan fingerprint density at radius 3 is 2.79 bits per heavy atom. The van der Waals surface area contributed by atoms with Gasteiger partial charge in [-0.2, -0.15) is 11.8 Å². The van der Waals surface area contributed by atoms with E-state index in [1.807, 2.05) is 6.92 Å². The third-order valence-corrected chi connectivity index (χ3v) is 3.73. The van der Waals surface area contributed by atoms with Gasteiger partial charge in [0, 0.05) is 19.0 Å². The fraction of sp³-hybridized carbons (Fsp3) is 0.750. The molecule has 1 atom stereocenters. The van der Waals surface area contributed by atoms with Gasteiger partial charge in [-0.1, -0.05) is 0 Å². The predicted molar refractivity (Wildman–Crippen MR) is 74.6 cm³/mol. The van der Waals surface area contributed by atoms with Gasteiger partial charge < -0.3 is 10.6 Å². The number of likely N-dealkylation sites (tertiary alicyclic amines) is 1. The fourth-order valence-corrected chi connectivity index (χ4v) is 2.65. The zero-order chi connectivity index (χ0) is 14.3. The number of imide groups is 1. The zero-order valence-corrected chi connectivity index (χ0v) is 12.0. The van der Waals surface area contributed by atoms with Crippen LogP contribution in [0.25, 0.3) is 0 Å². The molecular weight excluding hydrogens is 266 g/mol. The number of hydrogen-bond donors (Lipinski definition) is 2. The Morgan fingerprint density at radius 1 is 1.47 bits per heavy atom. The van der Waals surface area contributed by atoms with Gasteiger partial charge in [0.15, 0.2) is 0 Å². The largest absolute Gasteiger partial charge is 0.333 e. The minimum absolute atomic E-state index is 0.0188. The van der Waals surface area contributed by atoms with Gasteiger partial charge in [0.25, 0.3) is 0 Å². The van der Waals surface area contributed by atoms with Gasteiger partial charge in [0.2, 0.25) is 17.7 Å². The molecule has 0 aromatic heterocycles. The van der Waals surface area contributed by atoms with E-state index in [2.05, 4.69) is 5.32 Å². The maximum absolute atomic E-state index is 11.5. The number of carbonyl (C=O) groups is 3. The van der Waals surface area contributed by atoms with E-state index in [0.717, 1.165) is 18.6 Å². The molecule has 1 aliphatic rings. The number of nitrogens with one attached hydrogen (secondary N) is 1. The van der Waals surface area contributed by atoms with Crippen LogP contribution in [0.1, 0.15) is 26.2 Å². The van der Waals surface area contributed by atoms with Gasteiger partial charge in [-0.25, -0.2) is 0 Å². The highest BCUT2D eigenvalue weighted by Gasteiger charge is 2.22. The van der Waals surface area contributed by atoms with Crippen molar-refractivity contribution >= 4 is 29.5 Å². The van der Waals surface area contributed by atoms with Crippen molar-refractivity contribution in [3.63, 3.8) is 0 Å². The number of thioether (sulfide) groups is 1. The van der Waals surface area contributed by atoms with Crippen LogP contribution in [-0.2, 0) is 14.4 Å². The molecule has 6 nitrogen and oxygen atoms in total. The van der Waals surface area contributed by atoms with E-state index in [0.29, 0.717) is 13.0 Å². The second-order valence-corrected chi connectivity index (χ2v) is 5.81. The van der Waals surface area contributed by atoms with E-state index in [-0.39, 0.29) is 30.2 Å². The van der Waals surface area contributed by atoms with Gasteiger partial charge in [-0.15, -0.1) is 0 Å². The van der Waals surface area contributed by atoms with E-state index >= 15 is 0 Å². The highest BCUT2D eigenvalue weighted by Crippen LogP contribution is 2.08. The standard InChI is InChI=1S/C12H21N3O3S/c1-9(13)4-6-19-8-11(17)14-10(16)7-15-5-2-3-12(15)18/h9H,2-8,13H2,1H3,(H,14,16,17). The summed E-state index contributed by atoms with van der Waals surface area (Å²) >= 11 is 1.45. The van der Waals surface area contributed by atoms with Gasteiger partial charge in [-0.05, 0) is 25.5 Å². The minimum atomic E-state index is -0.409. The molecule has 0 radical (unpaired) electrons. The average Bonchev–Trinajstić information content (AvgIpc) is 2.70. The van der Waals surface area contributed by atoms with Gasteiger partial charge in [0.1, 0.15) is 0 Å². The van der Waals surface area contributed by atoms with E-state index in [1.165, 1.54) is 16.7 Å². The molecule has 7 heteroatoms. The molecule has 1 aliphatic heterocycles. The molecule has 3 amide bonds. The zero-order valence-electron chi connectivity index (χ0n) is 11.2. The van der Waals surface area contributed by atoms with Crippen LogP contribution in [0.15, 0.2) is 0 Å². The van der Waals surface area contributed by atoms with Crippen molar-refractivity contribution in [2.75, 3.05) is 24.6 Å². The van der Waals surface area contributed by atoms with Gasteiger partial charge in [0.05, 0.1) is 12.3 Å². The van der Waals surface area contributed by atoms with E-state index < -0.39 is 5.91 Å². The number of carbonyl (C=O) groups excluding carboxylic acids is 3. The lowest BCUT2D eigenvalue weighted by molar-refractivity contribution is -0.135. The van der Waals surface area contributed by atoms with Crippen LogP contribution < -0.4 is 11.1 Å². The fourth-order valence-electron chi connectivity index (χ4n) is 1.71. The molecule has 19 heavy (non-hydrogen) atoms. The Balaban J connectivity index is 2.13. The van der Waals surface area contributed by atoms with Crippen molar-refractivity contribution < 1.29 is 14.4 Å². The average molecular weight is 287 g/mol. The summed E-state index contributed by atoms with van der Waals surface area (Å²) in [6, 6.07) is 0.123. The van der Waals surface area contributed by atoms with E-state index in [4.69, 9.17) is 5.73 Å². The molecule has 1 heterocycles. The van der Waals surface area contributed by atoms with E-state index in [9.17, 15) is 14.4 Å². The summed E-state index contributed by atoms with van der Waals surface area (Å²) in [5.74, 6) is 0.296. The second kappa shape index (κ2) is 8.16. The lowest BCUT2D eigenvalue weighted by atomic mass is 10.3. The lowest BCUT2D eigenvalue weighted by Crippen LogP contribution is -2.41. The van der Waals surface area contributed by atoms with E-state index in [1.54, 1.807) is 0 Å². The first-order valence-electron chi connectivity index (χ1n) is 6.43. The molecule has 1 saturated heterocycles. The first-order chi connectivity index (χ1) is 8.99. The van der Waals surface area contributed by atoms with Crippen molar-refractivity contribution in [3.05, 3.63) is 0 Å². The topological polar surface area (TPSA) is 92.5 Å². The number of nitrogens with two attached hydrogens (primary N) is 1. The summed E-state index contributed by atoms with van der Waals surface area (Å²) in [5, 5.41) is 2.29. The number of hydrogen-bond acceptors (Lipinski definition) is 5. The molecule has 0 aromatic rings. The third-order valence-electron chi connectivity index (χ3n) is 2.74. The van der Waals surface area contributed by atoms with Crippen molar-refractivity contribution in [2.45, 2.75) is 32.2 Å². The van der Waals surface area contributed by atoms with Crippen molar-refractivity contribution in [1.29, 1.82) is 0 Å². The van der Waals surface area contributed by atoms with Crippen molar-refractivity contribution in [2.24, 2.45) is 5.73 Å². The molecule has 3 N–H and O–H groups in total. The summed E-state index contributed by atoms with van der Waals surface area (Å²) in [5.41, 5.74) is 5.59. The van der Waals surface area contributed by atoms with Crippen LogP contribution in [-0.4, -0.2) is 53.3 Å². The maximum atomic E-state index is 11.5. The summed E-state index contributed by atoms with van der Waals surface area (Å²) in [4.78, 5) is 35.8. The van der Waals surface area contributed by atoms with Crippen LogP contribution in [0.4, 0.5) is 0 Å². The van der Waals surface area contributed by atoms with Crippen molar-refractivity contribution in [3.8, 4) is 0 Å². The van der Waals surface area contributed by atoms with Crippen LogP contribution in [0.2, 0.25) is 0 Å². The van der Waals surface area contributed by atoms with Crippen LogP contribution >= 0.6 is 11.8 Å². The predicted octanol–water partition coefficient (Wildman–Crippen LogP) is -0.278. The minimum Gasteiger partial charge on any atom is -0.333 e. The number of rotatable bonds is 7. The molecule has 1 rings (SSSR count). The van der Waals surface area contributed by atoms with Crippen LogP contribution in [0, 0.1) is 0 Å². The van der Waals surface area contributed by atoms with Crippen molar-refractivity contribution in [1.82, 2.24) is 10.2 Å². The Bertz CT molecular complexity index is 347. The summed E-state index contributed by atoms with van der Waals surface area (Å²) in [7, 11) is 0. The highest BCUT2D eigenvalue weighted by molar-refractivity contribution is 7.99. The first kappa shape index (κ1) is 16.0. The maximum Gasteiger partial charge on any atom is 0.246 e. The second-order valence-electron chi connectivity index (χ2n) is 4.71. The summed E-state index contributed by atoms with van der Waals surface area (Å²) in [6.07, 6.45) is 2.12. The summed E-state index contributed by atoms with van der Waals surface area (Å²) in [6.45, 7) is 2.50. The Kier molecular flexibility index (Phi) is 6.86. The molecule has 0 aromatic carbocycles. The Hall–Kier alpha value is -1.08. The smallest absolute Gasteiger partial charge is 0.246 e. The Morgan fingerprint density at radius 2 is 2.21 bits per heavy atom. The molecular formula is C12H21N3O3S. The number of nitrogens with zero attached hydrogens (tertiary/aromatic N) is 1. The first-order valence-corrected chi connectivity index (χ1v) is 7.58. The van der Waals surface area contributed by atoms with Gasteiger partial charge >= 0.3 is 0 Å². The number of amides is 3. The molecule has 0 aliphatic carbocycles. The normalized spacial score (nSPS) is 16.5.